The maximum atomic E-state index is 13.3. The van der Waals surface area contributed by atoms with Crippen molar-refractivity contribution in [3.8, 4) is 11.4 Å². The highest BCUT2D eigenvalue weighted by Gasteiger charge is 2.27. The number of carbonyl (C=O) groups is 2. The Bertz CT molecular complexity index is 1480. The molecule has 12 heteroatoms. The Morgan fingerprint density at radius 3 is 1.44 bits per heavy atom. The highest BCUT2D eigenvalue weighted by Crippen LogP contribution is 2.29. The van der Waals surface area contributed by atoms with Crippen molar-refractivity contribution in [3.63, 3.8) is 0 Å². The number of aromatic nitrogens is 6. The molecule has 0 unspecified atom stereocenters. The van der Waals surface area contributed by atoms with E-state index in [1.807, 2.05) is 27.7 Å². The number of imidazole rings is 2. The summed E-state index contributed by atoms with van der Waals surface area (Å²) in [6.07, 6.45) is 2.57. The Morgan fingerprint density at radius 2 is 1.14 bits per heavy atom. The first-order valence-electron chi connectivity index (χ1n) is 11.7. The summed E-state index contributed by atoms with van der Waals surface area (Å²) in [6, 6.07) is 0. The zero-order chi connectivity index (χ0) is 26.3. The van der Waals surface area contributed by atoms with Crippen molar-refractivity contribution in [2.45, 2.75) is 53.4 Å². The molecule has 0 atom stereocenters. The molecule has 0 spiro atoms. The van der Waals surface area contributed by atoms with Gasteiger partial charge in [-0.2, -0.15) is 0 Å². The summed E-state index contributed by atoms with van der Waals surface area (Å²) in [4.78, 5) is 66.6. The van der Waals surface area contributed by atoms with E-state index in [9.17, 15) is 19.2 Å². The molecule has 36 heavy (non-hydrogen) atoms. The summed E-state index contributed by atoms with van der Waals surface area (Å²) in [5.74, 6) is -1.03. The number of aromatic amines is 2. The van der Waals surface area contributed by atoms with Crippen molar-refractivity contribution in [2.24, 2.45) is 0 Å². The summed E-state index contributed by atoms with van der Waals surface area (Å²) in [7, 11) is 0. The average molecular weight is 497 g/mol. The number of esters is 2. The molecule has 0 saturated heterocycles. The number of fused-ring (bicyclic) bond motifs is 2. The number of H-pyrrole nitrogens is 2. The second kappa shape index (κ2) is 9.44. The van der Waals surface area contributed by atoms with Crippen LogP contribution in [-0.4, -0.2) is 53.9 Å². The monoisotopic (exact) mass is 496 g/mol. The largest absolute Gasteiger partial charge is 0.462 e. The van der Waals surface area contributed by atoms with Crippen LogP contribution in [0.4, 0.5) is 0 Å². The third-order valence-corrected chi connectivity index (χ3v) is 5.63. The van der Waals surface area contributed by atoms with Crippen LogP contribution in [0.2, 0.25) is 0 Å². The molecule has 0 aliphatic carbocycles. The average Bonchev–Trinajstić information content (AvgIpc) is 3.40. The van der Waals surface area contributed by atoms with E-state index in [0.717, 1.165) is 0 Å². The lowest BCUT2D eigenvalue weighted by atomic mass is 10.2. The Morgan fingerprint density at radius 1 is 0.778 bits per heavy atom. The molecule has 4 aromatic heterocycles. The van der Waals surface area contributed by atoms with Crippen LogP contribution in [-0.2, 0) is 9.47 Å². The molecule has 190 valence electrons. The molecule has 0 aromatic carbocycles. The number of nitrogens with one attached hydrogen (secondary N) is 2. The van der Waals surface area contributed by atoms with Crippen LogP contribution in [0.15, 0.2) is 22.0 Å². The van der Waals surface area contributed by atoms with Gasteiger partial charge in [-0.3, -0.25) is 9.59 Å². The van der Waals surface area contributed by atoms with Crippen molar-refractivity contribution >= 4 is 23.2 Å². The fraction of sp³-hybridized carbons (Fsp3) is 0.417. The summed E-state index contributed by atoms with van der Waals surface area (Å²) >= 11 is 0. The lowest BCUT2D eigenvalue weighted by Gasteiger charge is -2.06. The van der Waals surface area contributed by atoms with Gasteiger partial charge in [0.1, 0.15) is 45.5 Å². The van der Waals surface area contributed by atoms with E-state index in [1.54, 1.807) is 13.8 Å². The minimum absolute atomic E-state index is 0.127. The number of nitrogens with zero attached hydrogens (tertiary/aromatic N) is 4. The van der Waals surface area contributed by atoms with E-state index in [0.29, 0.717) is 34.3 Å². The van der Waals surface area contributed by atoms with Crippen molar-refractivity contribution in [1.82, 2.24) is 28.7 Å². The number of ether oxygens (including phenoxy) is 2. The predicted octanol–water partition coefficient (Wildman–Crippen LogP) is 2.63. The molecule has 0 fully saturated rings. The first kappa shape index (κ1) is 24.9. The van der Waals surface area contributed by atoms with E-state index in [-0.39, 0.29) is 36.2 Å². The Balaban J connectivity index is 2.05. The molecule has 0 saturated carbocycles. The zero-order valence-electron chi connectivity index (χ0n) is 21.0. The van der Waals surface area contributed by atoms with Crippen LogP contribution in [0.25, 0.3) is 22.7 Å². The Labute approximate surface area is 205 Å². The van der Waals surface area contributed by atoms with Gasteiger partial charge in [0, 0.05) is 24.2 Å². The van der Waals surface area contributed by atoms with Crippen LogP contribution < -0.4 is 11.1 Å². The first-order chi connectivity index (χ1) is 17.1. The quantitative estimate of drug-likeness (QED) is 0.370. The molecule has 12 nitrogen and oxygen atoms in total. The highest BCUT2D eigenvalue weighted by atomic mass is 16.5. The van der Waals surface area contributed by atoms with Crippen LogP contribution in [0.3, 0.4) is 0 Å². The fourth-order valence-corrected chi connectivity index (χ4v) is 4.01. The minimum atomic E-state index is -0.740. The SMILES string of the molecule is CCOC(=O)c1c[nH]c2c(-c3nc(C(C)C)n4c(=O)c(C(=O)OCC)c[nH]c34)nc(C(C)C)n2c1=O. The van der Waals surface area contributed by atoms with Gasteiger partial charge < -0.3 is 19.4 Å². The molecule has 0 aliphatic heterocycles. The van der Waals surface area contributed by atoms with Gasteiger partial charge in [0.05, 0.1) is 13.2 Å². The van der Waals surface area contributed by atoms with Crippen LogP contribution in [0.1, 0.15) is 85.7 Å². The number of rotatable bonds is 7. The maximum absolute atomic E-state index is 13.3. The van der Waals surface area contributed by atoms with Crippen LogP contribution in [0.5, 0.6) is 0 Å². The molecule has 2 N–H and O–H groups in total. The van der Waals surface area contributed by atoms with Gasteiger partial charge >= 0.3 is 11.9 Å². The van der Waals surface area contributed by atoms with Crippen molar-refractivity contribution in [3.05, 3.63) is 55.9 Å². The molecular weight excluding hydrogens is 468 g/mol. The van der Waals surface area contributed by atoms with Crippen molar-refractivity contribution < 1.29 is 19.1 Å². The van der Waals surface area contributed by atoms with Gasteiger partial charge in [-0.1, -0.05) is 27.7 Å². The van der Waals surface area contributed by atoms with Gasteiger partial charge in [-0.25, -0.2) is 28.4 Å². The topological polar surface area (TPSA) is 153 Å². The zero-order valence-corrected chi connectivity index (χ0v) is 21.0. The third kappa shape index (κ3) is 3.88. The second-order valence-corrected chi connectivity index (χ2v) is 8.77. The van der Waals surface area contributed by atoms with E-state index in [1.165, 1.54) is 21.2 Å². The molecule has 0 radical (unpaired) electrons. The summed E-state index contributed by atoms with van der Waals surface area (Å²) in [5.41, 5.74) is -0.207. The van der Waals surface area contributed by atoms with Crippen molar-refractivity contribution in [1.29, 1.82) is 0 Å². The standard InChI is InChI=1S/C24H28N6O6/c1-7-35-23(33)13-9-25-19-15(27-17(11(3)4)29(19)21(13)31)16-20-26-10-14(24(34)36-8-2)22(32)30(20)18(28-16)12(5)6/h9-12,25-26H,7-8H2,1-6H3. The van der Waals surface area contributed by atoms with E-state index < -0.39 is 23.1 Å². The van der Waals surface area contributed by atoms with Crippen LogP contribution in [0, 0.1) is 0 Å². The Hall–Kier alpha value is -4.22. The van der Waals surface area contributed by atoms with Gasteiger partial charge in [0.2, 0.25) is 0 Å². The van der Waals surface area contributed by atoms with E-state index in [2.05, 4.69) is 9.97 Å². The van der Waals surface area contributed by atoms with E-state index >= 15 is 0 Å². The summed E-state index contributed by atoms with van der Waals surface area (Å²) in [5, 5.41) is 0. The number of hydrogen-bond donors (Lipinski definition) is 2. The van der Waals surface area contributed by atoms with Gasteiger partial charge in [-0.05, 0) is 13.8 Å². The molecule has 0 amide bonds. The molecular formula is C24H28N6O6. The van der Waals surface area contributed by atoms with Gasteiger partial charge in [0.25, 0.3) is 11.1 Å². The Kier molecular flexibility index (Phi) is 6.53. The number of carbonyl (C=O) groups excluding carboxylic acids is 2. The molecule has 4 aromatic rings. The summed E-state index contributed by atoms with van der Waals surface area (Å²) < 4.78 is 12.7. The van der Waals surface area contributed by atoms with Gasteiger partial charge in [-0.15, -0.1) is 0 Å². The second-order valence-electron chi connectivity index (χ2n) is 8.77. The van der Waals surface area contributed by atoms with E-state index in [4.69, 9.17) is 19.4 Å². The highest BCUT2D eigenvalue weighted by molar-refractivity contribution is 5.91. The summed E-state index contributed by atoms with van der Waals surface area (Å²) in [6.45, 7) is 11.0. The smallest absolute Gasteiger partial charge is 0.345 e. The maximum Gasteiger partial charge on any atom is 0.345 e. The normalized spacial score (nSPS) is 11.7. The number of hydrogen-bond acceptors (Lipinski definition) is 8. The lowest BCUT2D eigenvalue weighted by Crippen LogP contribution is -2.25. The van der Waals surface area contributed by atoms with Gasteiger partial charge in [0.15, 0.2) is 0 Å². The molecule has 0 bridgehead atoms. The lowest BCUT2D eigenvalue weighted by molar-refractivity contribution is 0.0514. The predicted molar refractivity (Wildman–Crippen MR) is 131 cm³/mol. The molecule has 0 aliphatic rings. The van der Waals surface area contributed by atoms with Crippen molar-refractivity contribution in [2.75, 3.05) is 13.2 Å². The third-order valence-electron chi connectivity index (χ3n) is 5.63. The fourth-order valence-electron chi connectivity index (χ4n) is 4.01. The van der Waals surface area contributed by atoms with Crippen LogP contribution >= 0.6 is 0 Å². The minimum Gasteiger partial charge on any atom is -0.462 e. The molecule has 4 heterocycles. The molecule has 4 rings (SSSR count). The first-order valence-corrected chi connectivity index (χ1v) is 11.7.